The molecule has 28 heavy (non-hydrogen) atoms. The second kappa shape index (κ2) is 8.80. The Kier molecular flexibility index (Phi) is 6.21. The minimum absolute atomic E-state index is 0.216. The molecule has 0 aliphatic heterocycles. The number of benzene rings is 3. The van der Waals surface area contributed by atoms with Crippen molar-refractivity contribution in [2.24, 2.45) is 0 Å². The van der Waals surface area contributed by atoms with E-state index in [2.05, 4.69) is 5.32 Å². The van der Waals surface area contributed by atoms with Gasteiger partial charge in [-0.25, -0.2) is 4.79 Å². The molecule has 3 aromatic rings. The molecule has 6 heteroatoms. The van der Waals surface area contributed by atoms with E-state index in [4.69, 9.17) is 4.74 Å². The Labute approximate surface area is 166 Å². The second-order valence-corrected chi connectivity index (χ2v) is 7.94. The van der Waals surface area contributed by atoms with Crippen molar-refractivity contribution in [1.82, 2.24) is 0 Å². The van der Waals surface area contributed by atoms with Crippen LogP contribution >= 0.6 is 0 Å². The number of nitrogens with one attached hydrogen (secondary N) is 1. The number of fused-ring (bicyclic) bond motifs is 1. The molecule has 0 fully saturated rings. The molecule has 0 heterocycles. The van der Waals surface area contributed by atoms with Crippen LogP contribution in [0.3, 0.4) is 0 Å². The van der Waals surface area contributed by atoms with E-state index < -0.39 is 28.8 Å². The molecule has 144 valence electrons. The highest BCUT2D eigenvalue weighted by atomic mass is 32.2. The molecule has 3 aromatic carbocycles. The average molecular weight is 395 g/mol. The normalized spacial score (nSPS) is 12.9. The molecule has 0 spiro atoms. The molecule has 2 atom stereocenters. The molecule has 0 saturated carbocycles. The Morgan fingerprint density at radius 2 is 1.68 bits per heavy atom. The quantitative estimate of drug-likeness (QED) is 0.637. The fourth-order valence-corrected chi connectivity index (χ4v) is 3.72. The Balaban J connectivity index is 1.70. The molecule has 3 rings (SSSR count). The van der Waals surface area contributed by atoms with E-state index in [0.717, 1.165) is 10.8 Å². The molecule has 0 unspecified atom stereocenters. The van der Waals surface area contributed by atoms with Crippen molar-refractivity contribution in [2.75, 3.05) is 11.1 Å². The van der Waals surface area contributed by atoms with Crippen LogP contribution in [0.5, 0.6) is 0 Å². The number of carbonyl (C=O) groups excluding carboxylic acids is 2. The first-order valence-electron chi connectivity index (χ1n) is 8.97. The Hall–Kier alpha value is -2.99. The monoisotopic (exact) mass is 395 g/mol. The van der Waals surface area contributed by atoms with Gasteiger partial charge in [0.05, 0.1) is 21.3 Å². The zero-order chi connectivity index (χ0) is 20.1. The summed E-state index contributed by atoms with van der Waals surface area (Å²) < 4.78 is 17.4. The minimum atomic E-state index is -1.29. The van der Waals surface area contributed by atoms with Gasteiger partial charge < -0.3 is 10.1 Å². The summed E-state index contributed by atoms with van der Waals surface area (Å²) in [7, 11) is -1.29. The van der Waals surface area contributed by atoms with Crippen molar-refractivity contribution >= 4 is 39.1 Å². The van der Waals surface area contributed by atoms with Gasteiger partial charge in [0.15, 0.2) is 6.10 Å². The summed E-state index contributed by atoms with van der Waals surface area (Å²) >= 11 is 0. The summed E-state index contributed by atoms with van der Waals surface area (Å²) in [6, 6.07) is 20.0. The van der Waals surface area contributed by atoms with E-state index in [1.807, 2.05) is 36.4 Å². The van der Waals surface area contributed by atoms with Crippen LogP contribution in [0.15, 0.2) is 71.6 Å². The zero-order valence-corrected chi connectivity index (χ0v) is 16.5. The van der Waals surface area contributed by atoms with E-state index in [0.29, 0.717) is 16.3 Å². The molecular formula is C22H21NO4S. The lowest BCUT2D eigenvalue weighted by atomic mass is 10.1. The number of amides is 1. The van der Waals surface area contributed by atoms with Crippen LogP contribution in [0.25, 0.3) is 10.8 Å². The third-order valence-electron chi connectivity index (χ3n) is 4.28. The summed E-state index contributed by atoms with van der Waals surface area (Å²) in [4.78, 5) is 25.3. The Morgan fingerprint density at radius 3 is 2.43 bits per heavy atom. The van der Waals surface area contributed by atoms with Gasteiger partial charge in [-0.1, -0.05) is 49.4 Å². The predicted molar refractivity (Wildman–Crippen MR) is 111 cm³/mol. The van der Waals surface area contributed by atoms with Crippen molar-refractivity contribution in [3.8, 4) is 0 Å². The van der Waals surface area contributed by atoms with Gasteiger partial charge in [0.2, 0.25) is 0 Å². The first kappa shape index (κ1) is 19.8. The van der Waals surface area contributed by atoms with Crippen LogP contribution in [0.4, 0.5) is 5.69 Å². The smallest absolute Gasteiger partial charge is 0.340 e. The van der Waals surface area contributed by atoms with E-state index >= 15 is 0 Å². The van der Waals surface area contributed by atoms with Gasteiger partial charge in [-0.05, 0) is 42.0 Å². The summed E-state index contributed by atoms with van der Waals surface area (Å²) in [6.45, 7) is 3.28. The van der Waals surface area contributed by atoms with E-state index in [1.54, 1.807) is 37.3 Å². The highest BCUT2D eigenvalue weighted by Crippen LogP contribution is 2.20. The first-order valence-corrected chi connectivity index (χ1v) is 10.3. The van der Waals surface area contributed by atoms with Crippen LogP contribution in [0, 0.1) is 0 Å². The Morgan fingerprint density at radius 1 is 1.00 bits per heavy atom. The van der Waals surface area contributed by atoms with E-state index in [-0.39, 0.29) is 5.56 Å². The molecular weight excluding hydrogens is 374 g/mol. The van der Waals surface area contributed by atoms with Gasteiger partial charge in [-0.15, -0.1) is 0 Å². The number of rotatable bonds is 6. The number of hydrogen-bond acceptors (Lipinski definition) is 4. The van der Waals surface area contributed by atoms with E-state index in [1.165, 1.54) is 6.92 Å². The summed E-state index contributed by atoms with van der Waals surface area (Å²) in [5.41, 5.74) is 0.840. The van der Waals surface area contributed by atoms with Gasteiger partial charge in [0.1, 0.15) is 0 Å². The van der Waals surface area contributed by atoms with Crippen LogP contribution in [-0.2, 0) is 20.3 Å². The molecule has 1 N–H and O–H groups in total. The molecule has 0 aromatic heterocycles. The third-order valence-corrected chi connectivity index (χ3v) is 5.66. The number of ether oxygens (including phenoxy) is 1. The molecule has 1 amide bonds. The number of carbonyl (C=O) groups is 2. The third kappa shape index (κ3) is 4.46. The molecule has 0 radical (unpaired) electrons. The summed E-state index contributed by atoms with van der Waals surface area (Å²) in [6.07, 6.45) is -0.998. The Bertz CT molecular complexity index is 1050. The van der Waals surface area contributed by atoms with Gasteiger partial charge in [-0.2, -0.15) is 0 Å². The molecule has 5 nitrogen and oxygen atoms in total. The second-order valence-electron chi connectivity index (χ2n) is 6.23. The zero-order valence-electron chi connectivity index (χ0n) is 15.7. The topological polar surface area (TPSA) is 72.5 Å². The van der Waals surface area contributed by atoms with Crippen LogP contribution in [0.1, 0.15) is 24.2 Å². The number of esters is 1. The summed E-state index contributed by atoms with van der Waals surface area (Å²) in [5, 5.41) is 4.83. The van der Waals surface area contributed by atoms with Crippen LogP contribution < -0.4 is 5.32 Å². The highest BCUT2D eigenvalue weighted by molar-refractivity contribution is 7.85. The highest BCUT2D eigenvalue weighted by Gasteiger charge is 2.22. The SMILES string of the molecule is CC[S@@](=O)c1ccccc1C(=O)O[C@@H](C)C(=O)Nc1ccc2ccccc2c1. The molecule has 0 bridgehead atoms. The largest absolute Gasteiger partial charge is 0.449 e. The lowest BCUT2D eigenvalue weighted by Gasteiger charge is -2.15. The predicted octanol–water partition coefficient (Wildman–Crippen LogP) is 4.15. The summed E-state index contributed by atoms with van der Waals surface area (Å²) in [5.74, 6) is -0.709. The number of anilines is 1. The van der Waals surface area contributed by atoms with Crippen LogP contribution in [-0.4, -0.2) is 27.9 Å². The van der Waals surface area contributed by atoms with E-state index in [9.17, 15) is 13.8 Å². The standard InChI is InChI=1S/C22H21NO4S/c1-3-28(26)20-11-7-6-10-19(20)22(25)27-15(2)21(24)23-18-13-12-16-8-4-5-9-17(16)14-18/h4-15H,3H2,1-2H3,(H,23,24)/t15-,28+/m0/s1. The lowest BCUT2D eigenvalue weighted by Crippen LogP contribution is -2.30. The fraction of sp³-hybridized carbons (Fsp3) is 0.182. The van der Waals surface area contributed by atoms with Crippen LogP contribution in [0.2, 0.25) is 0 Å². The molecule has 0 saturated heterocycles. The maximum absolute atomic E-state index is 12.5. The maximum atomic E-state index is 12.5. The number of hydrogen-bond donors (Lipinski definition) is 1. The van der Waals surface area contributed by atoms with Gasteiger partial charge in [0, 0.05) is 11.4 Å². The van der Waals surface area contributed by atoms with Gasteiger partial charge in [0.25, 0.3) is 5.91 Å². The van der Waals surface area contributed by atoms with Crippen molar-refractivity contribution in [1.29, 1.82) is 0 Å². The fourth-order valence-electron chi connectivity index (χ4n) is 2.78. The first-order chi connectivity index (χ1) is 13.5. The van der Waals surface area contributed by atoms with Crippen molar-refractivity contribution in [2.45, 2.75) is 24.8 Å². The average Bonchev–Trinajstić information content (AvgIpc) is 2.72. The van der Waals surface area contributed by atoms with Crippen molar-refractivity contribution in [3.05, 3.63) is 72.3 Å². The van der Waals surface area contributed by atoms with Gasteiger partial charge >= 0.3 is 5.97 Å². The lowest BCUT2D eigenvalue weighted by molar-refractivity contribution is -0.123. The van der Waals surface area contributed by atoms with Gasteiger partial charge in [-0.3, -0.25) is 9.00 Å². The molecule has 0 aliphatic carbocycles. The maximum Gasteiger partial charge on any atom is 0.340 e. The molecule has 0 aliphatic rings. The van der Waals surface area contributed by atoms with Crippen molar-refractivity contribution < 1.29 is 18.5 Å². The minimum Gasteiger partial charge on any atom is -0.449 e. The van der Waals surface area contributed by atoms with Crippen molar-refractivity contribution in [3.63, 3.8) is 0 Å².